The molecule has 0 amide bonds. The lowest BCUT2D eigenvalue weighted by Gasteiger charge is -2.09. The van der Waals surface area contributed by atoms with Gasteiger partial charge in [-0.05, 0) is 54.7 Å². The highest BCUT2D eigenvalue weighted by atomic mass is 32.2. The Balaban J connectivity index is 1.39. The van der Waals surface area contributed by atoms with Crippen LogP contribution in [0.15, 0.2) is 82.6 Å². The van der Waals surface area contributed by atoms with Gasteiger partial charge in [-0.25, -0.2) is 15.0 Å². The highest BCUT2D eigenvalue weighted by molar-refractivity contribution is 7.99. The Hall–Kier alpha value is -3.78. The molecule has 5 rings (SSSR count). The summed E-state index contributed by atoms with van der Waals surface area (Å²) in [5, 5.41) is 0.666. The van der Waals surface area contributed by atoms with Crippen LogP contribution in [-0.4, -0.2) is 32.4 Å². The molecule has 2 N–H and O–H groups in total. The third-order valence-corrected chi connectivity index (χ3v) is 6.74. The molecule has 0 atom stereocenters. The van der Waals surface area contributed by atoms with Gasteiger partial charge in [-0.15, -0.1) is 0 Å². The van der Waals surface area contributed by atoms with Crippen molar-refractivity contribution in [3.63, 3.8) is 0 Å². The van der Waals surface area contributed by atoms with E-state index < -0.39 is 0 Å². The van der Waals surface area contributed by atoms with Crippen LogP contribution in [0.3, 0.4) is 0 Å². The molecule has 0 aliphatic rings. The zero-order valence-corrected chi connectivity index (χ0v) is 20.4. The number of nitrogen functional groups attached to an aromatic ring is 1. The van der Waals surface area contributed by atoms with Crippen LogP contribution < -0.4 is 10.5 Å². The number of hydrogen-bond donors (Lipinski definition) is 1. The van der Waals surface area contributed by atoms with E-state index in [-0.39, 0.29) is 0 Å². The molecule has 35 heavy (non-hydrogen) atoms. The number of rotatable bonds is 10. The standard InChI is InChI=1S/C27H27N5O2S/c1-33-21-13-11-20(12-14-21)15-16-32-25(22-10-5-17-34-22)29-23-24(28)30-27(31-26(23)32)35-18-6-9-19-7-3-2-4-8-19/h2-5,7-8,10-14,17H,6,9,15-16,18H2,1H3,(H2,28,30,31). The summed E-state index contributed by atoms with van der Waals surface area (Å²) >= 11 is 1.62. The summed E-state index contributed by atoms with van der Waals surface area (Å²) in [6.07, 6.45) is 4.50. The number of nitrogens with two attached hydrogens (primary N) is 1. The average Bonchev–Trinajstić information content (AvgIpc) is 3.55. The third kappa shape index (κ3) is 5.33. The van der Waals surface area contributed by atoms with Crippen LogP contribution in [0.5, 0.6) is 5.75 Å². The number of furan rings is 1. The number of nitrogens with zero attached hydrogens (tertiary/aromatic N) is 4. The number of benzene rings is 2. The summed E-state index contributed by atoms with van der Waals surface area (Å²) in [6, 6.07) is 22.3. The number of thioether (sulfide) groups is 1. The summed E-state index contributed by atoms with van der Waals surface area (Å²) in [7, 11) is 1.67. The average molecular weight is 486 g/mol. The first-order chi connectivity index (χ1) is 17.2. The highest BCUT2D eigenvalue weighted by Gasteiger charge is 2.19. The topological polar surface area (TPSA) is 92.0 Å². The van der Waals surface area contributed by atoms with Crippen molar-refractivity contribution in [2.45, 2.75) is 31.0 Å². The maximum Gasteiger partial charge on any atom is 0.191 e. The minimum absolute atomic E-state index is 0.386. The molecule has 5 aromatic rings. The Morgan fingerprint density at radius 3 is 2.46 bits per heavy atom. The van der Waals surface area contributed by atoms with Crippen molar-refractivity contribution in [1.82, 2.24) is 19.5 Å². The fourth-order valence-corrected chi connectivity index (χ4v) is 4.77. The molecule has 0 spiro atoms. The molecular formula is C27H27N5O2S. The molecule has 8 heteroatoms. The van der Waals surface area contributed by atoms with Crippen LogP contribution in [0.4, 0.5) is 5.82 Å². The second-order valence-electron chi connectivity index (χ2n) is 8.16. The van der Waals surface area contributed by atoms with Crippen LogP contribution in [0.1, 0.15) is 17.5 Å². The van der Waals surface area contributed by atoms with Crippen LogP contribution in [0.25, 0.3) is 22.7 Å². The Morgan fingerprint density at radius 1 is 0.914 bits per heavy atom. The van der Waals surface area contributed by atoms with Gasteiger partial charge in [0, 0.05) is 12.3 Å². The largest absolute Gasteiger partial charge is 0.497 e. The predicted octanol–water partition coefficient (Wildman–Crippen LogP) is 5.64. The Labute approximate surface area is 208 Å². The van der Waals surface area contributed by atoms with E-state index >= 15 is 0 Å². The molecule has 0 fully saturated rings. The van der Waals surface area contributed by atoms with Crippen molar-refractivity contribution in [1.29, 1.82) is 0 Å². The summed E-state index contributed by atoms with van der Waals surface area (Å²) in [4.78, 5) is 14.2. The first kappa shape index (κ1) is 23.0. The summed E-state index contributed by atoms with van der Waals surface area (Å²) in [5.41, 5.74) is 10.2. The fourth-order valence-electron chi connectivity index (χ4n) is 3.99. The first-order valence-corrected chi connectivity index (χ1v) is 12.6. The number of imidazole rings is 1. The molecule has 2 aromatic carbocycles. The molecule has 0 saturated heterocycles. The van der Waals surface area contributed by atoms with Crippen LogP contribution in [0, 0.1) is 0 Å². The van der Waals surface area contributed by atoms with E-state index in [0.29, 0.717) is 34.6 Å². The minimum Gasteiger partial charge on any atom is -0.497 e. The Kier molecular flexibility index (Phi) is 6.99. The van der Waals surface area contributed by atoms with Gasteiger partial charge in [0.15, 0.2) is 33.7 Å². The Morgan fingerprint density at radius 2 is 1.71 bits per heavy atom. The van der Waals surface area contributed by atoms with Crippen LogP contribution in [-0.2, 0) is 19.4 Å². The van der Waals surface area contributed by atoms with Gasteiger partial charge in [0.05, 0.1) is 13.4 Å². The highest BCUT2D eigenvalue weighted by Crippen LogP contribution is 2.29. The molecule has 3 heterocycles. The van der Waals surface area contributed by atoms with Crippen molar-refractivity contribution in [2.75, 3.05) is 18.6 Å². The van der Waals surface area contributed by atoms with Crippen molar-refractivity contribution in [3.8, 4) is 17.3 Å². The lowest BCUT2D eigenvalue weighted by atomic mass is 10.1. The summed E-state index contributed by atoms with van der Waals surface area (Å²) in [5.74, 6) is 3.51. The zero-order chi connectivity index (χ0) is 24.0. The number of aryl methyl sites for hydroxylation is 3. The van der Waals surface area contributed by atoms with Gasteiger partial charge in [-0.1, -0.05) is 54.2 Å². The molecule has 7 nitrogen and oxygen atoms in total. The van der Waals surface area contributed by atoms with E-state index in [0.717, 1.165) is 36.4 Å². The molecule has 0 aliphatic heterocycles. The lowest BCUT2D eigenvalue weighted by Crippen LogP contribution is -2.06. The monoisotopic (exact) mass is 485 g/mol. The maximum atomic E-state index is 6.34. The van der Waals surface area contributed by atoms with Gasteiger partial charge in [0.1, 0.15) is 5.75 Å². The van der Waals surface area contributed by atoms with E-state index in [1.54, 1.807) is 25.1 Å². The van der Waals surface area contributed by atoms with E-state index in [9.17, 15) is 0 Å². The summed E-state index contributed by atoms with van der Waals surface area (Å²) < 4.78 is 13.0. The van der Waals surface area contributed by atoms with E-state index in [1.165, 1.54) is 11.1 Å². The molecule has 0 aliphatic carbocycles. The van der Waals surface area contributed by atoms with Crippen LogP contribution >= 0.6 is 11.8 Å². The zero-order valence-electron chi connectivity index (χ0n) is 19.6. The number of methoxy groups -OCH3 is 1. The lowest BCUT2D eigenvalue weighted by molar-refractivity contribution is 0.414. The number of aromatic nitrogens is 4. The van der Waals surface area contributed by atoms with Gasteiger partial charge in [-0.2, -0.15) is 0 Å². The number of hydrogen-bond acceptors (Lipinski definition) is 7. The fraction of sp³-hybridized carbons (Fsp3) is 0.222. The van der Waals surface area contributed by atoms with Gasteiger partial charge in [0.2, 0.25) is 0 Å². The predicted molar refractivity (Wildman–Crippen MR) is 140 cm³/mol. The normalized spacial score (nSPS) is 11.2. The van der Waals surface area contributed by atoms with Crippen molar-refractivity contribution in [3.05, 3.63) is 84.1 Å². The second-order valence-corrected chi connectivity index (χ2v) is 9.23. The maximum absolute atomic E-state index is 6.34. The second kappa shape index (κ2) is 10.7. The number of ether oxygens (including phenoxy) is 1. The van der Waals surface area contributed by atoms with E-state index in [2.05, 4.69) is 45.9 Å². The van der Waals surface area contributed by atoms with Crippen molar-refractivity contribution >= 4 is 28.7 Å². The van der Waals surface area contributed by atoms with Crippen molar-refractivity contribution < 1.29 is 9.15 Å². The Bertz CT molecular complexity index is 1380. The third-order valence-electron chi connectivity index (χ3n) is 5.81. The summed E-state index contributed by atoms with van der Waals surface area (Å²) in [6.45, 7) is 0.674. The van der Waals surface area contributed by atoms with E-state index in [1.807, 2.05) is 30.3 Å². The molecule has 0 radical (unpaired) electrons. The number of fused-ring (bicyclic) bond motifs is 1. The van der Waals surface area contributed by atoms with Gasteiger partial charge >= 0.3 is 0 Å². The van der Waals surface area contributed by atoms with Gasteiger partial charge in [-0.3, -0.25) is 0 Å². The van der Waals surface area contributed by atoms with Crippen molar-refractivity contribution in [2.24, 2.45) is 0 Å². The minimum atomic E-state index is 0.386. The molecule has 0 unspecified atom stereocenters. The first-order valence-electron chi connectivity index (χ1n) is 11.6. The number of anilines is 1. The quantitative estimate of drug-likeness (QED) is 0.155. The van der Waals surface area contributed by atoms with Gasteiger partial charge in [0.25, 0.3) is 0 Å². The molecule has 0 bridgehead atoms. The van der Waals surface area contributed by atoms with E-state index in [4.69, 9.17) is 24.9 Å². The SMILES string of the molecule is COc1ccc(CCn2c(-c3ccco3)nc3c(N)nc(SCCCc4ccccc4)nc32)cc1. The smallest absolute Gasteiger partial charge is 0.191 e. The molecular weight excluding hydrogens is 458 g/mol. The molecule has 3 aromatic heterocycles. The molecule has 178 valence electrons. The molecule has 0 saturated carbocycles. The van der Waals surface area contributed by atoms with Crippen LogP contribution in [0.2, 0.25) is 0 Å². The van der Waals surface area contributed by atoms with Gasteiger partial charge < -0.3 is 19.5 Å².